The van der Waals surface area contributed by atoms with Crippen LogP contribution in [0.4, 0.5) is 5.82 Å². The highest BCUT2D eigenvalue weighted by molar-refractivity contribution is 5.92. The highest BCUT2D eigenvalue weighted by atomic mass is 16.3. The molecule has 0 aliphatic heterocycles. The van der Waals surface area contributed by atoms with E-state index in [1.807, 2.05) is 74.5 Å². The molecule has 1 heterocycles. The second-order valence-electron chi connectivity index (χ2n) is 8.29. The molecular weight excluding hydrogens is 386 g/mol. The van der Waals surface area contributed by atoms with E-state index in [2.05, 4.69) is 5.32 Å². The molecule has 5 heteroatoms. The van der Waals surface area contributed by atoms with Gasteiger partial charge in [0.1, 0.15) is 5.69 Å². The summed E-state index contributed by atoms with van der Waals surface area (Å²) in [6.07, 6.45) is 5.91. The first kappa shape index (κ1) is 20.9. The van der Waals surface area contributed by atoms with Gasteiger partial charge in [-0.15, -0.1) is 0 Å². The maximum atomic E-state index is 12.5. The lowest BCUT2D eigenvalue weighted by atomic mass is 9.90. The summed E-state index contributed by atoms with van der Waals surface area (Å²) in [5.41, 5.74) is 6.54. The van der Waals surface area contributed by atoms with E-state index in [-0.39, 0.29) is 18.4 Å². The van der Waals surface area contributed by atoms with E-state index in [9.17, 15) is 9.90 Å². The third-order valence-electron chi connectivity index (χ3n) is 5.32. The fraction of sp³-hybridized carbons (Fsp3) is 0.269. The molecule has 1 amide bonds. The van der Waals surface area contributed by atoms with Gasteiger partial charge in [0.25, 0.3) is 0 Å². The number of fused-ring (bicyclic) bond motifs is 3. The van der Waals surface area contributed by atoms with Crippen LogP contribution < -0.4 is 5.32 Å². The number of hydrogen-bond donors (Lipinski definition) is 2. The molecule has 0 unspecified atom stereocenters. The van der Waals surface area contributed by atoms with Gasteiger partial charge in [0.2, 0.25) is 5.91 Å². The third-order valence-corrected chi connectivity index (χ3v) is 5.32. The van der Waals surface area contributed by atoms with Crippen LogP contribution in [0.1, 0.15) is 48.3 Å². The fourth-order valence-corrected chi connectivity index (χ4v) is 3.81. The predicted molar refractivity (Wildman–Crippen MR) is 124 cm³/mol. The Labute approximate surface area is 182 Å². The molecule has 0 fully saturated rings. The zero-order valence-corrected chi connectivity index (χ0v) is 17.9. The van der Waals surface area contributed by atoms with Gasteiger partial charge in [-0.1, -0.05) is 68.5 Å². The van der Waals surface area contributed by atoms with E-state index < -0.39 is 0 Å². The molecule has 1 aliphatic rings. The van der Waals surface area contributed by atoms with Gasteiger partial charge in [0.15, 0.2) is 5.82 Å². The Balaban J connectivity index is 1.76. The fourth-order valence-electron chi connectivity index (χ4n) is 3.81. The number of nitrogens with zero attached hydrogens (tertiary/aromatic N) is 2. The maximum Gasteiger partial charge on any atom is 0.225 e. The lowest BCUT2D eigenvalue weighted by Crippen LogP contribution is -2.18. The number of aromatic nitrogens is 2. The number of anilines is 1. The van der Waals surface area contributed by atoms with Gasteiger partial charge in [-0.2, -0.15) is 0 Å². The predicted octanol–water partition coefficient (Wildman–Crippen LogP) is 4.89. The molecule has 0 saturated carbocycles. The Morgan fingerprint density at radius 3 is 2.65 bits per heavy atom. The second kappa shape index (κ2) is 9.23. The molecular formula is C26H27N3O2. The van der Waals surface area contributed by atoms with Crippen LogP contribution in [0.5, 0.6) is 0 Å². The molecule has 2 aromatic carbocycles. The molecule has 1 aromatic heterocycles. The van der Waals surface area contributed by atoms with Crippen LogP contribution in [0, 0.1) is 5.92 Å². The van der Waals surface area contributed by atoms with Crippen LogP contribution in [-0.4, -0.2) is 21.0 Å². The number of hydrogen-bond acceptors (Lipinski definition) is 4. The summed E-state index contributed by atoms with van der Waals surface area (Å²) in [5.74, 6) is 0.718. The molecule has 2 N–H and O–H groups in total. The number of carbonyl (C=O) groups is 1. The first-order chi connectivity index (χ1) is 15.0. The Kier molecular flexibility index (Phi) is 6.23. The highest BCUT2D eigenvalue weighted by Gasteiger charge is 2.22. The molecule has 31 heavy (non-hydrogen) atoms. The molecule has 4 rings (SSSR count). The van der Waals surface area contributed by atoms with Crippen LogP contribution in [0.3, 0.4) is 0 Å². The smallest absolute Gasteiger partial charge is 0.225 e. The molecule has 3 aromatic rings. The number of nitrogens with one attached hydrogen (secondary N) is 1. The van der Waals surface area contributed by atoms with Crippen molar-refractivity contribution in [3.05, 3.63) is 76.6 Å². The van der Waals surface area contributed by atoms with Crippen LogP contribution >= 0.6 is 0 Å². The lowest BCUT2D eigenvalue weighted by Gasteiger charge is -2.21. The van der Waals surface area contributed by atoms with Crippen molar-refractivity contribution in [1.29, 1.82) is 0 Å². The summed E-state index contributed by atoms with van der Waals surface area (Å²) in [6.45, 7) is 4.06. The van der Waals surface area contributed by atoms with E-state index in [0.29, 0.717) is 17.9 Å². The molecule has 0 atom stereocenters. The summed E-state index contributed by atoms with van der Waals surface area (Å²) < 4.78 is 0. The van der Waals surface area contributed by atoms with Crippen molar-refractivity contribution in [3.63, 3.8) is 0 Å². The van der Waals surface area contributed by atoms with Crippen molar-refractivity contribution in [2.75, 3.05) is 5.32 Å². The van der Waals surface area contributed by atoms with Gasteiger partial charge in [-0.05, 0) is 41.5 Å². The Morgan fingerprint density at radius 1 is 1.10 bits per heavy atom. The zero-order chi connectivity index (χ0) is 21.8. The number of carbonyl (C=O) groups excluding carboxylic acids is 1. The van der Waals surface area contributed by atoms with Crippen molar-refractivity contribution in [1.82, 2.24) is 9.97 Å². The summed E-state index contributed by atoms with van der Waals surface area (Å²) in [7, 11) is 0. The van der Waals surface area contributed by atoms with Crippen molar-refractivity contribution < 1.29 is 9.90 Å². The number of aryl methyl sites for hydroxylation is 2. The number of benzene rings is 2. The van der Waals surface area contributed by atoms with Crippen LogP contribution in [0.2, 0.25) is 0 Å². The van der Waals surface area contributed by atoms with E-state index in [1.54, 1.807) is 0 Å². The standard InChI is InChI=1S/C26H27N3O2/c1-17(2)14-24(31)29-26-23(12-9-18-6-4-3-5-7-18)27-25-21-11-8-19(16-30)15-20(21)10-13-22(25)28-26/h3-9,11-12,15,17,30H,10,13-14,16H2,1-2H3,(H,28,29,31)/b12-9+. The van der Waals surface area contributed by atoms with Gasteiger partial charge in [-0.3, -0.25) is 4.79 Å². The zero-order valence-electron chi connectivity index (χ0n) is 17.9. The quantitative estimate of drug-likeness (QED) is 0.603. The minimum atomic E-state index is -0.0533. The third kappa shape index (κ3) is 4.89. The Bertz CT molecular complexity index is 1120. The van der Waals surface area contributed by atoms with Gasteiger partial charge in [0.05, 0.1) is 18.0 Å². The number of aliphatic hydroxyl groups excluding tert-OH is 1. The minimum Gasteiger partial charge on any atom is -0.392 e. The average Bonchev–Trinajstić information content (AvgIpc) is 2.77. The summed E-state index contributed by atoms with van der Waals surface area (Å²) >= 11 is 0. The molecule has 0 saturated heterocycles. The number of aliphatic hydroxyl groups is 1. The Hall–Kier alpha value is -3.31. The van der Waals surface area contributed by atoms with Crippen LogP contribution in [0.25, 0.3) is 23.4 Å². The van der Waals surface area contributed by atoms with Crippen molar-refractivity contribution in [2.24, 2.45) is 5.92 Å². The van der Waals surface area contributed by atoms with E-state index in [4.69, 9.17) is 9.97 Å². The highest BCUT2D eigenvalue weighted by Crippen LogP contribution is 2.34. The van der Waals surface area contributed by atoms with Gasteiger partial charge >= 0.3 is 0 Å². The molecule has 5 nitrogen and oxygen atoms in total. The van der Waals surface area contributed by atoms with Crippen LogP contribution in [-0.2, 0) is 24.2 Å². The average molecular weight is 414 g/mol. The van der Waals surface area contributed by atoms with E-state index in [1.165, 1.54) is 5.56 Å². The monoisotopic (exact) mass is 413 g/mol. The summed E-state index contributed by atoms with van der Waals surface area (Å²) in [6, 6.07) is 16.0. The van der Waals surface area contributed by atoms with Gasteiger partial charge in [-0.25, -0.2) is 9.97 Å². The van der Waals surface area contributed by atoms with Crippen molar-refractivity contribution in [3.8, 4) is 11.3 Å². The van der Waals surface area contributed by atoms with Gasteiger partial charge in [0, 0.05) is 12.0 Å². The number of rotatable bonds is 6. The molecule has 0 spiro atoms. The largest absolute Gasteiger partial charge is 0.392 e. The van der Waals surface area contributed by atoms with Crippen molar-refractivity contribution in [2.45, 2.75) is 39.7 Å². The minimum absolute atomic E-state index is 0.0255. The van der Waals surface area contributed by atoms with Crippen molar-refractivity contribution >= 4 is 23.9 Å². The topological polar surface area (TPSA) is 75.1 Å². The molecule has 158 valence electrons. The first-order valence-electron chi connectivity index (χ1n) is 10.7. The van der Waals surface area contributed by atoms with Crippen LogP contribution in [0.15, 0.2) is 48.5 Å². The summed E-state index contributed by atoms with van der Waals surface area (Å²) in [4.78, 5) is 22.2. The molecule has 1 aliphatic carbocycles. The normalized spacial score (nSPS) is 12.6. The number of amides is 1. The maximum absolute atomic E-state index is 12.5. The second-order valence-corrected chi connectivity index (χ2v) is 8.29. The lowest BCUT2D eigenvalue weighted by molar-refractivity contribution is -0.116. The van der Waals surface area contributed by atoms with Gasteiger partial charge < -0.3 is 10.4 Å². The van der Waals surface area contributed by atoms with E-state index in [0.717, 1.165) is 40.9 Å². The van der Waals surface area contributed by atoms with E-state index >= 15 is 0 Å². The molecule has 0 radical (unpaired) electrons. The SMILES string of the molecule is CC(C)CC(=O)Nc1nc2c(nc1/C=C/c1ccccc1)-c1ccc(CO)cc1CC2. The Morgan fingerprint density at radius 2 is 1.90 bits per heavy atom. The first-order valence-corrected chi connectivity index (χ1v) is 10.7. The molecule has 0 bridgehead atoms. The summed E-state index contributed by atoms with van der Waals surface area (Å²) in [5, 5.41) is 12.4.